The van der Waals surface area contributed by atoms with Crippen molar-refractivity contribution in [2.75, 3.05) is 19.6 Å². The minimum atomic E-state index is -0.810. The van der Waals surface area contributed by atoms with E-state index >= 15 is 0 Å². The number of nitrogens with one attached hydrogen (secondary N) is 2. The first-order valence-electron chi connectivity index (χ1n) is 8.88. The lowest BCUT2D eigenvalue weighted by Crippen LogP contribution is -2.24. The van der Waals surface area contributed by atoms with Crippen molar-refractivity contribution >= 4 is 17.3 Å². The molecule has 2 aromatic rings. The Morgan fingerprint density at radius 2 is 2.19 bits per heavy atom. The summed E-state index contributed by atoms with van der Waals surface area (Å²) in [6.45, 7) is 2.84. The first-order valence-corrected chi connectivity index (χ1v) is 9.69. The van der Waals surface area contributed by atoms with Gasteiger partial charge in [0.05, 0.1) is 12.0 Å². The fraction of sp³-hybridized carbons (Fsp3) is 0.421. The summed E-state index contributed by atoms with van der Waals surface area (Å²) in [6, 6.07) is 11.0. The van der Waals surface area contributed by atoms with Crippen molar-refractivity contribution in [2.45, 2.75) is 24.9 Å². The van der Waals surface area contributed by atoms with Crippen molar-refractivity contribution in [1.82, 2.24) is 15.8 Å². The summed E-state index contributed by atoms with van der Waals surface area (Å²) < 4.78 is 13.6. The van der Waals surface area contributed by atoms with Gasteiger partial charge < -0.3 is 5.11 Å². The Morgan fingerprint density at radius 1 is 1.31 bits per heavy atom. The molecule has 7 heteroatoms. The van der Waals surface area contributed by atoms with Crippen LogP contribution < -0.4 is 10.9 Å². The Labute approximate surface area is 155 Å². The number of benzene rings is 1. The maximum Gasteiger partial charge on any atom is 0.308 e. The molecule has 5 nitrogen and oxygen atoms in total. The molecule has 3 heterocycles. The number of carbonyl (C=O) groups is 1. The zero-order chi connectivity index (χ0) is 18.1. The second-order valence-corrected chi connectivity index (χ2v) is 8.22. The van der Waals surface area contributed by atoms with E-state index in [1.54, 1.807) is 17.4 Å². The van der Waals surface area contributed by atoms with Crippen LogP contribution in [0.25, 0.3) is 0 Å². The van der Waals surface area contributed by atoms with Crippen molar-refractivity contribution < 1.29 is 14.3 Å². The second kappa shape index (κ2) is 7.44. The molecule has 1 aromatic heterocycles. The molecule has 2 saturated heterocycles. The van der Waals surface area contributed by atoms with Crippen LogP contribution >= 0.6 is 11.3 Å². The number of hydrogen-bond acceptors (Lipinski definition) is 5. The molecule has 0 aliphatic carbocycles. The lowest BCUT2D eigenvalue weighted by atomic mass is 9.89. The number of hydrazine groups is 1. The van der Waals surface area contributed by atoms with Crippen molar-refractivity contribution in [3.63, 3.8) is 0 Å². The lowest BCUT2D eigenvalue weighted by Gasteiger charge is -2.15. The van der Waals surface area contributed by atoms with Gasteiger partial charge in [0, 0.05) is 41.9 Å². The van der Waals surface area contributed by atoms with Gasteiger partial charge in [-0.15, -0.1) is 11.3 Å². The molecule has 2 aliphatic rings. The summed E-state index contributed by atoms with van der Waals surface area (Å²) in [5, 5.41) is 9.61. The number of carboxylic acids is 1. The van der Waals surface area contributed by atoms with Gasteiger partial charge in [-0.1, -0.05) is 12.1 Å². The molecular weight excluding hydrogens is 353 g/mol. The van der Waals surface area contributed by atoms with Crippen LogP contribution in [0.1, 0.15) is 33.7 Å². The van der Waals surface area contributed by atoms with E-state index in [-0.39, 0.29) is 11.7 Å². The number of thiophene rings is 1. The predicted molar refractivity (Wildman–Crippen MR) is 98.4 cm³/mol. The molecule has 1 unspecified atom stereocenters. The molecular formula is C19H22FN3O2S. The first-order chi connectivity index (χ1) is 12.6. The molecule has 0 saturated carbocycles. The van der Waals surface area contributed by atoms with Gasteiger partial charge in [0.1, 0.15) is 5.82 Å². The number of halogens is 1. The molecule has 3 atom stereocenters. The molecule has 26 heavy (non-hydrogen) atoms. The number of aliphatic carboxylic acids is 1. The van der Waals surface area contributed by atoms with E-state index in [9.17, 15) is 14.3 Å². The van der Waals surface area contributed by atoms with Crippen LogP contribution in [0.15, 0.2) is 36.4 Å². The van der Waals surface area contributed by atoms with Gasteiger partial charge in [0.2, 0.25) is 0 Å². The number of carboxylic acid groups (broad SMARTS) is 1. The average molecular weight is 375 g/mol. The zero-order valence-corrected chi connectivity index (χ0v) is 15.1. The van der Waals surface area contributed by atoms with Crippen LogP contribution in [0.2, 0.25) is 0 Å². The molecule has 4 rings (SSSR count). The minimum Gasteiger partial charge on any atom is -0.481 e. The third kappa shape index (κ3) is 3.66. The summed E-state index contributed by atoms with van der Waals surface area (Å²) in [4.78, 5) is 16.4. The van der Waals surface area contributed by atoms with Gasteiger partial charge in [0.25, 0.3) is 0 Å². The van der Waals surface area contributed by atoms with Crippen molar-refractivity contribution in [2.24, 2.45) is 5.92 Å². The number of likely N-dealkylation sites (tertiary alicyclic amines) is 1. The fourth-order valence-corrected chi connectivity index (χ4v) is 5.07. The van der Waals surface area contributed by atoms with Gasteiger partial charge in [-0.25, -0.2) is 9.82 Å². The smallest absolute Gasteiger partial charge is 0.308 e. The molecule has 1 aromatic carbocycles. The Morgan fingerprint density at radius 3 is 2.92 bits per heavy atom. The van der Waals surface area contributed by atoms with Crippen molar-refractivity contribution in [3.8, 4) is 0 Å². The summed E-state index contributed by atoms with van der Waals surface area (Å²) in [5.74, 6) is -1.80. The zero-order valence-electron chi connectivity index (χ0n) is 14.3. The van der Waals surface area contributed by atoms with E-state index in [0.29, 0.717) is 19.1 Å². The van der Waals surface area contributed by atoms with E-state index < -0.39 is 11.9 Å². The highest BCUT2D eigenvalue weighted by Crippen LogP contribution is 2.35. The Balaban J connectivity index is 1.47. The Bertz CT molecular complexity index is 791. The number of nitrogens with zero attached hydrogens (tertiary/aromatic N) is 1. The minimum absolute atomic E-state index is 0.177. The van der Waals surface area contributed by atoms with E-state index in [2.05, 4.69) is 27.9 Å². The Hall–Kier alpha value is -1.80. The second-order valence-electron chi connectivity index (χ2n) is 7.02. The van der Waals surface area contributed by atoms with Gasteiger partial charge in [-0.3, -0.25) is 15.1 Å². The van der Waals surface area contributed by atoms with Crippen LogP contribution in [-0.4, -0.2) is 35.6 Å². The predicted octanol–water partition coefficient (Wildman–Crippen LogP) is 2.73. The van der Waals surface area contributed by atoms with Crippen molar-refractivity contribution in [1.29, 1.82) is 0 Å². The summed E-state index contributed by atoms with van der Waals surface area (Å²) in [5.41, 5.74) is 7.19. The number of rotatable bonds is 5. The van der Waals surface area contributed by atoms with Gasteiger partial charge >= 0.3 is 5.97 Å². The fourth-order valence-electron chi connectivity index (χ4n) is 3.92. The third-order valence-corrected chi connectivity index (χ3v) is 6.41. The van der Waals surface area contributed by atoms with E-state index in [0.717, 1.165) is 25.1 Å². The largest absolute Gasteiger partial charge is 0.481 e. The summed E-state index contributed by atoms with van der Waals surface area (Å²) in [7, 11) is 0. The highest BCUT2D eigenvalue weighted by molar-refractivity contribution is 7.12. The molecule has 0 spiro atoms. The third-order valence-electron chi connectivity index (χ3n) is 5.23. The molecule has 0 radical (unpaired) electrons. The van der Waals surface area contributed by atoms with Crippen molar-refractivity contribution in [3.05, 3.63) is 57.5 Å². The van der Waals surface area contributed by atoms with Crippen LogP contribution in [-0.2, 0) is 11.3 Å². The molecule has 0 amide bonds. The Kier molecular flexibility index (Phi) is 5.04. The molecule has 138 valence electrons. The van der Waals surface area contributed by atoms with Crippen LogP contribution in [0.5, 0.6) is 0 Å². The van der Waals surface area contributed by atoms with E-state index in [4.69, 9.17) is 0 Å². The molecule has 0 bridgehead atoms. The molecule has 3 N–H and O–H groups in total. The lowest BCUT2D eigenvalue weighted by molar-refractivity contribution is -0.141. The van der Waals surface area contributed by atoms with Crippen LogP contribution in [0, 0.1) is 11.7 Å². The van der Waals surface area contributed by atoms with Gasteiger partial charge in [-0.05, 0) is 36.2 Å². The normalized spacial score (nSPS) is 26.4. The quantitative estimate of drug-likeness (QED) is 0.750. The summed E-state index contributed by atoms with van der Waals surface area (Å²) >= 11 is 1.77. The highest BCUT2D eigenvalue weighted by Gasteiger charge is 2.38. The van der Waals surface area contributed by atoms with E-state index in [1.807, 2.05) is 6.07 Å². The van der Waals surface area contributed by atoms with E-state index in [1.165, 1.54) is 21.9 Å². The molecule has 2 fully saturated rings. The van der Waals surface area contributed by atoms with Crippen LogP contribution in [0.3, 0.4) is 0 Å². The maximum atomic E-state index is 13.6. The topological polar surface area (TPSA) is 64.6 Å². The average Bonchev–Trinajstić information content (AvgIpc) is 3.35. The van der Waals surface area contributed by atoms with Crippen LogP contribution in [0.4, 0.5) is 4.39 Å². The first kappa shape index (κ1) is 17.6. The molecule has 2 aliphatic heterocycles. The highest BCUT2D eigenvalue weighted by atomic mass is 32.1. The van der Waals surface area contributed by atoms with Gasteiger partial charge in [-0.2, -0.15) is 0 Å². The van der Waals surface area contributed by atoms with Gasteiger partial charge in [0.15, 0.2) is 0 Å². The SMILES string of the molecule is O=C(O)[C@@H]1CN(Cc2ccc(C3CCNN3)s2)C[C@H]1c1cccc(F)c1. The monoisotopic (exact) mass is 375 g/mol. The number of hydrogen-bond donors (Lipinski definition) is 3. The maximum absolute atomic E-state index is 13.6. The summed E-state index contributed by atoms with van der Waals surface area (Å²) in [6.07, 6.45) is 1.08. The standard InChI is InChI=1S/C19H22FN3O2S/c20-13-3-1-2-12(8-13)15-10-23(11-16(15)19(24)25)9-14-4-5-18(26-14)17-6-7-21-22-17/h1-5,8,15-17,21-22H,6-7,9-11H2,(H,24,25)/t15-,16+,17?/m0/s1.